The van der Waals surface area contributed by atoms with E-state index in [4.69, 9.17) is 4.74 Å². The second-order valence-electron chi connectivity index (χ2n) is 17.1. The van der Waals surface area contributed by atoms with Crippen LogP contribution < -0.4 is 14.5 Å². The first-order valence-corrected chi connectivity index (χ1v) is 21.4. The molecule has 0 saturated heterocycles. The maximum absolute atomic E-state index is 6.27. The summed E-state index contributed by atoms with van der Waals surface area (Å²) in [5.74, 6) is 1.67. The van der Waals surface area contributed by atoms with E-state index in [1.165, 1.54) is 49.6 Å². The predicted octanol–water partition coefficient (Wildman–Crippen LogP) is 16.8. The highest BCUT2D eigenvalue weighted by Crippen LogP contribution is 2.49. The van der Waals surface area contributed by atoms with Crippen molar-refractivity contribution in [3.05, 3.63) is 228 Å². The number of rotatable bonds is 7. The highest BCUT2D eigenvalue weighted by molar-refractivity contribution is 6.09. The van der Waals surface area contributed by atoms with Gasteiger partial charge in [-0.25, -0.2) is 0 Å². The van der Waals surface area contributed by atoms with Gasteiger partial charge in [-0.15, -0.1) is 0 Å². The van der Waals surface area contributed by atoms with E-state index in [-0.39, 0.29) is 5.41 Å². The lowest BCUT2D eigenvalue weighted by atomic mass is 9.81. The van der Waals surface area contributed by atoms with Gasteiger partial charge in [-0.05, 0) is 134 Å². The molecule has 0 aliphatic carbocycles. The number of fused-ring (bicyclic) bond motifs is 7. The zero-order valence-corrected chi connectivity index (χ0v) is 35.6. The summed E-state index contributed by atoms with van der Waals surface area (Å²) in [5, 5.41) is 4.94. The normalized spacial score (nSPS) is 13.5. The van der Waals surface area contributed by atoms with E-state index >= 15 is 0 Å². The molecule has 2 aliphatic rings. The highest BCUT2D eigenvalue weighted by Gasteiger charge is 2.26. The Morgan fingerprint density at radius 3 is 1.69 bits per heavy atom. The molecule has 8 aromatic rings. The highest BCUT2D eigenvalue weighted by atomic mass is 16.5. The Kier molecular flexibility index (Phi) is 9.81. The van der Waals surface area contributed by atoms with Crippen molar-refractivity contribution in [1.82, 2.24) is 0 Å². The number of hydrogen-bond acceptors (Lipinski definition) is 3. The first-order valence-electron chi connectivity index (χ1n) is 21.4. The molecule has 0 N–H and O–H groups in total. The Bertz CT molecular complexity index is 3090. The minimum atomic E-state index is -0.0950. The smallest absolute Gasteiger partial charge is 0.151 e. The molecule has 2 aliphatic heterocycles. The standard InChI is InChI=1S/C59H48N2O/c1-6-47(60-55-19-11-13-21-57(55)62-58-22-14-12-20-56(58)60)32-23-40(2)49-34-26-42(38-52(49)59(3,4)5)25-24-41-27-35-50-45(37-41)30-31-46-39-48(33-36-51(46)50)61-53-17-9-7-15-43(53)28-29-44-16-8-10-18-54(44)61/h6-39H,2H2,1,3-5H3/b25-24+,32-23-,47-6+. The Labute approximate surface area is 365 Å². The minimum Gasteiger partial charge on any atom is -0.453 e. The summed E-state index contributed by atoms with van der Waals surface area (Å²) in [7, 11) is 0. The van der Waals surface area contributed by atoms with Gasteiger partial charge in [-0.2, -0.15) is 0 Å². The van der Waals surface area contributed by atoms with E-state index in [1.54, 1.807) is 0 Å². The maximum atomic E-state index is 6.27. The Balaban J connectivity index is 0.913. The summed E-state index contributed by atoms with van der Waals surface area (Å²) in [5.41, 5.74) is 14.6. The van der Waals surface area contributed by atoms with Crippen LogP contribution in [0.1, 0.15) is 61.1 Å². The van der Waals surface area contributed by atoms with Crippen molar-refractivity contribution in [3.63, 3.8) is 0 Å². The van der Waals surface area contributed by atoms with Gasteiger partial charge in [0.2, 0.25) is 0 Å². The first-order chi connectivity index (χ1) is 30.2. The average Bonchev–Trinajstić information content (AvgIpc) is 3.47. The van der Waals surface area contributed by atoms with Gasteiger partial charge in [-0.3, -0.25) is 0 Å². The lowest BCUT2D eigenvalue weighted by Gasteiger charge is -2.33. The number of benzene rings is 8. The van der Waals surface area contributed by atoms with Crippen LogP contribution in [0.3, 0.4) is 0 Å². The first kappa shape index (κ1) is 38.6. The van der Waals surface area contributed by atoms with E-state index in [0.717, 1.165) is 56.5 Å². The molecular formula is C59H48N2O. The fraction of sp³-hybridized carbons (Fsp3) is 0.0847. The molecule has 8 aromatic carbocycles. The molecule has 0 aromatic heterocycles. The lowest BCUT2D eigenvalue weighted by molar-refractivity contribution is 0.476. The van der Waals surface area contributed by atoms with Crippen LogP contribution in [0.2, 0.25) is 0 Å². The molecule has 0 amide bonds. The summed E-state index contributed by atoms with van der Waals surface area (Å²) in [6.45, 7) is 13.5. The number of para-hydroxylation sites is 6. The summed E-state index contributed by atoms with van der Waals surface area (Å²) < 4.78 is 6.27. The second-order valence-corrected chi connectivity index (χ2v) is 17.1. The second kappa shape index (κ2) is 15.8. The Morgan fingerprint density at radius 2 is 1.08 bits per heavy atom. The van der Waals surface area contributed by atoms with Gasteiger partial charge in [0.15, 0.2) is 11.5 Å². The third-order valence-electron chi connectivity index (χ3n) is 12.0. The van der Waals surface area contributed by atoms with Gasteiger partial charge in [0.05, 0.1) is 22.7 Å². The molecule has 62 heavy (non-hydrogen) atoms. The van der Waals surface area contributed by atoms with Crippen LogP contribution >= 0.6 is 0 Å². The topological polar surface area (TPSA) is 15.7 Å². The van der Waals surface area contributed by atoms with E-state index < -0.39 is 0 Å². The number of allylic oxidation sites excluding steroid dienone is 4. The van der Waals surface area contributed by atoms with Crippen LogP contribution in [-0.4, -0.2) is 0 Å². The van der Waals surface area contributed by atoms with Gasteiger partial charge in [0.25, 0.3) is 0 Å². The molecule has 0 bridgehead atoms. The molecule has 0 fully saturated rings. The number of anilines is 5. The molecule has 3 nitrogen and oxygen atoms in total. The maximum Gasteiger partial charge on any atom is 0.151 e. The number of nitrogens with zero attached hydrogens (tertiary/aromatic N) is 2. The summed E-state index contributed by atoms with van der Waals surface area (Å²) in [6, 6.07) is 58.5. The Hall–Kier alpha value is -7.62. The molecule has 3 heteroatoms. The van der Waals surface area contributed by atoms with Gasteiger partial charge in [0, 0.05) is 11.4 Å². The molecule has 300 valence electrons. The fourth-order valence-electron chi connectivity index (χ4n) is 8.89. The monoisotopic (exact) mass is 800 g/mol. The third kappa shape index (κ3) is 7.12. The SMILES string of the molecule is C=C(/C=C\C(=C/C)N1c2ccccc2Oc2ccccc21)c1ccc(/C=C/c2ccc3c(ccc4cc(N5c6ccccc6C=Cc6ccccc65)ccc43)c2)cc1C(C)(C)C. The van der Waals surface area contributed by atoms with E-state index in [2.05, 4.69) is 226 Å². The van der Waals surface area contributed by atoms with E-state index in [9.17, 15) is 0 Å². The molecule has 0 atom stereocenters. The van der Waals surface area contributed by atoms with Crippen LogP contribution in [0.5, 0.6) is 11.5 Å². The third-order valence-corrected chi connectivity index (χ3v) is 12.0. The largest absolute Gasteiger partial charge is 0.453 e. The van der Waals surface area contributed by atoms with Crippen molar-refractivity contribution >= 4 is 79.9 Å². The molecule has 0 unspecified atom stereocenters. The quantitative estimate of drug-likeness (QED) is 0.0907. The number of hydrogen-bond donors (Lipinski definition) is 0. The van der Waals surface area contributed by atoms with Crippen LogP contribution in [0.4, 0.5) is 28.4 Å². The molecule has 0 radical (unpaired) electrons. The summed E-state index contributed by atoms with van der Waals surface area (Å²) in [4.78, 5) is 4.65. The molecular weight excluding hydrogens is 753 g/mol. The lowest BCUT2D eigenvalue weighted by Crippen LogP contribution is -2.19. The minimum absolute atomic E-state index is 0.0950. The average molecular weight is 801 g/mol. The van der Waals surface area contributed by atoms with Crippen LogP contribution in [0, 0.1) is 0 Å². The summed E-state index contributed by atoms with van der Waals surface area (Å²) >= 11 is 0. The van der Waals surface area contributed by atoms with Crippen molar-refractivity contribution in [2.45, 2.75) is 33.1 Å². The van der Waals surface area contributed by atoms with Crippen molar-refractivity contribution in [3.8, 4) is 11.5 Å². The molecule has 0 spiro atoms. The molecule has 2 heterocycles. The van der Waals surface area contributed by atoms with Gasteiger partial charge < -0.3 is 14.5 Å². The fourth-order valence-corrected chi connectivity index (χ4v) is 8.89. The molecule has 10 rings (SSSR count). The Morgan fingerprint density at radius 1 is 0.548 bits per heavy atom. The van der Waals surface area contributed by atoms with Crippen molar-refractivity contribution in [2.75, 3.05) is 9.80 Å². The van der Waals surface area contributed by atoms with E-state index in [1.807, 2.05) is 24.3 Å². The van der Waals surface area contributed by atoms with Gasteiger partial charge >= 0.3 is 0 Å². The van der Waals surface area contributed by atoms with Gasteiger partial charge in [0.1, 0.15) is 0 Å². The van der Waals surface area contributed by atoms with Gasteiger partial charge in [-0.1, -0.05) is 173 Å². The zero-order valence-electron chi connectivity index (χ0n) is 35.6. The van der Waals surface area contributed by atoms with Crippen molar-refractivity contribution in [1.29, 1.82) is 0 Å². The molecule has 0 saturated carbocycles. The number of ether oxygens (including phenoxy) is 1. The zero-order chi connectivity index (χ0) is 42.4. The van der Waals surface area contributed by atoms with Crippen LogP contribution in [0.25, 0.3) is 51.4 Å². The van der Waals surface area contributed by atoms with Crippen molar-refractivity contribution < 1.29 is 4.74 Å². The van der Waals surface area contributed by atoms with Crippen molar-refractivity contribution in [2.24, 2.45) is 0 Å². The predicted molar refractivity (Wildman–Crippen MR) is 266 cm³/mol. The summed E-state index contributed by atoms with van der Waals surface area (Å²) in [6.07, 6.45) is 15.3. The van der Waals surface area contributed by atoms with E-state index in [0.29, 0.717) is 0 Å². The van der Waals surface area contributed by atoms with Crippen LogP contribution in [-0.2, 0) is 5.41 Å². The van der Waals surface area contributed by atoms with Crippen LogP contribution in [0.15, 0.2) is 194 Å².